The number of nitrogens with two attached hydrogens (primary N) is 1. The number of benzene rings is 1. The third-order valence-electron chi connectivity index (χ3n) is 4.29. The summed E-state index contributed by atoms with van der Waals surface area (Å²) >= 11 is 0. The molecule has 2 aliphatic rings. The molecular weight excluding hydrogens is 252 g/mol. The summed E-state index contributed by atoms with van der Waals surface area (Å²) in [5.74, 6) is 0.797. The van der Waals surface area contributed by atoms with Crippen LogP contribution in [0.1, 0.15) is 18.7 Å². The van der Waals surface area contributed by atoms with Crippen LogP contribution >= 0.6 is 0 Å². The van der Waals surface area contributed by atoms with Crippen molar-refractivity contribution in [3.8, 4) is 0 Å². The van der Waals surface area contributed by atoms with Crippen molar-refractivity contribution in [2.24, 2.45) is 0 Å². The smallest absolute Gasteiger partial charge is 0.209 e. The van der Waals surface area contributed by atoms with E-state index in [0.29, 0.717) is 0 Å². The van der Waals surface area contributed by atoms with Crippen molar-refractivity contribution in [3.05, 3.63) is 24.1 Å². The maximum absolute atomic E-state index is 5.79. The molecule has 1 aliphatic carbocycles. The largest absolute Gasteiger partial charge is 0.439 e. The summed E-state index contributed by atoms with van der Waals surface area (Å²) in [5.41, 5.74) is 8.17. The Bertz CT molecular complexity index is 611. The van der Waals surface area contributed by atoms with E-state index in [-0.39, 0.29) is 0 Å². The molecule has 0 bridgehead atoms. The highest BCUT2D eigenvalue weighted by Crippen LogP contribution is 2.27. The molecule has 2 aromatic rings. The van der Waals surface area contributed by atoms with Crippen molar-refractivity contribution in [2.75, 3.05) is 31.9 Å². The van der Waals surface area contributed by atoms with Crippen LogP contribution in [0.3, 0.4) is 0 Å². The summed E-state index contributed by atoms with van der Waals surface area (Å²) in [6, 6.07) is 6.51. The second-order valence-electron chi connectivity index (χ2n) is 5.88. The number of nitrogen functional groups attached to an aromatic ring is 1. The van der Waals surface area contributed by atoms with Gasteiger partial charge in [0.05, 0.1) is 6.54 Å². The minimum Gasteiger partial charge on any atom is -0.439 e. The maximum atomic E-state index is 5.79. The Labute approximate surface area is 118 Å². The van der Waals surface area contributed by atoms with E-state index in [0.717, 1.165) is 48.4 Å². The molecule has 0 unspecified atom stereocenters. The van der Waals surface area contributed by atoms with Gasteiger partial charge in [0.2, 0.25) is 5.89 Å². The Balaban J connectivity index is 1.42. The van der Waals surface area contributed by atoms with Crippen molar-refractivity contribution >= 4 is 16.8 Å². The van der Waals surface area contributed by atoms with Crippen LogP contribution in [-0.4, -0.2) is 47.0 Å². The number of hydrogen-bond acceptors (Lipinski definition) is 5. The molecule has 106 valence electrons. The highest BCUT2D eigenvalue weighted by molar-refractivity contribution is 5.76. The average molecular weight is 272 g/mol. The zero-order valence-electron chi connectivity index (χ0n) is 11.6. The van der Waals surface area contributed by atoms with Gasteiger partial charge in [0.15, 0.2) is 5.58 Å². The standard InChI is InChI=1S/C15H20N4O/c16-11-1-4-13-14(9-11)20-15(17-13)10-18-5-7-19(8-6-18)12-2-3-12/h1,4,9,12H,2-3,5-8,10,16H2. The number of aromatic nitrogens is 1. The second-order valence-corrected chi connectivity index (χ2v) is 5.88. The van der Waals surface area contributed by atoms with Gasteiger partial charge < -0.3 is 10.2 Å². The van der Waals surface area contributed by atoms with Crippen LogP contribution in [0.4, 0.5) is 5.69 Å². The van der Waals surface area contributed by atoms with Crippen LogP contribution in [0.15, 0.2) is 22.6 Å². The Morgan fingerprint density at radius 2 is 2.00 bits per heavy atom. The van der Waals surface area contributed by atoms with E-state index in [2.05, 4.69) is 14.8 Å². The molecule has 1 aromatic carbocycles. The van der Waals surface area contributed by atoms with Crippen LogP contribution in [0.2, 0.25) is 0 Å². The molecule has 0 radical (unpaired) electrons. The van der Waals surface area contributed by atoms with Gasteiger partial charge in [-0.15, -0.1) is 0 Å². The zero-order valence-corrected chi connectivity index (χ0v) is 11.6. The van der Waals surface area contributed by atoms with Gasteiger partial charge in [-0.3, -0.25) is 9.80 Å². The van der Waals surface area contributed by atoms with Crippen LogP contribution in [0.5, 0.6) is 0 Å². The SMILES string of the molecule is Nc1ccc2nc(CN3CCN(C4CC4)CC3)oc2c1. The molecule has 0 spiro atoms. The lowest BCUT2D eigenvalue weighted by Crippen LogP contribution is -2.46. The van der Waals surface area contributed by atoms with Gasteiger partial charge in [-0.25, -0.2) is 4.98 Å². The quantitative estimate of drug-likeness (QED) is 0.862. The summed E-state index contributed by atoms with van der Waals surface area (Å²) in [6.45, 7) is 5.37. The second kappa shape index (κ2) is 4.75. The third-order valence-corrected chi connectivity index (χ3v) is 4.29. The van der Waals surface area contributed by atoms with Gasteiger partial charge in [0.1, 0.15) is 5.52 Å². The van der Waals surface area contributed by atoms with Gasteiger partial charge in [-0.2, -0.15) is 0 Å². The van der Waals surface area contributed by atoms with Crippen LogP contribution < -0.4 is 5.73 Å². The minimum atomic E-state index is 0.721. The number of piperazine rings is 1. The highest BCUT2D eigenvalue weighted by atomic mass is 16.3. The fourth-order valence-electron chi connectivity index (χ4n) is 2.97. The topological polar surface area (TPSA) is 58.5 Å². The van der Waals surface area contributed by atoms with Gasteiger partial charge in [-0.1, -0.05) is 0 Å². The predicted octanol–water partition coefficient (Wildman–Crippen LogP) is 1.69. The number of fused-ring (bicyclic) bond motifs is 1. The van der Waals surface area contributed by atoms with Gasteiger partial charge in [0, 0.05) is 44.0 Å². The Morgan fingerprint density at radius 3 is 2.75 bits per heavy atom. The number of hydrogen-bond donors (Lipinski definition) is 1. The fourth-order valence-corrected chi connectivity index (χ4v) is 2.97. The van der Waals surface area contributed by atoms with Crippen molar-refractivity contribution in [2.45, 2.75) is 25.4 Å². The first-order valence-corrected chi connectivity index (χ1v) is 7.39. The molecule has 20 heavy (non-hydrogen) atoms. The predicted molar refractivity (Wildman–Crippen MR) is 78.3 cm³/mol. The number of anilines is 1. The molecule has 4 rings (SSSR count). The van der Waals surface area contributed by atoms with Gasteiger partial charge in [0.25, 0.3) is 0 Å². The van der Waals surface area contributed by atoms with Crippen molar-refractivity contribution in [1.82, 2.24) is 14.8 Å². The summed E-state index contributed by atoms with van der Waals surface area (Å²) in [7, 11) is 0. The summed E-state index contributed by atoms with van der Waals surface area (Å²) in [6.07, 6.45) is 2.79. The molecule has 0 amide bonds. The molecule has 1 saturated carbocycles. The van der Waals surface area contributed by atoms with Crippen LogP contribution in [0.25, 0.3) is 11.1 Å². The van der Waals surface area contributed by atoms with E-state index in [1.807, 2.05) is 18.2 Å². The molecular formula is C15H20N4O. The van der Waals surface area contributed by atoms with E-state index in [1.54, 1.807) is 0 Å². The molecule has 2 fully saturated rings. The summed E-state index contributed by atoms with van der Waals surface area (Å²) < 4.78 is 5.79. The Kier molecular flexibility index (Phi) is 2.89. The zero-order chi connectivity index (χ0) is 13.5. The van der Waals surface area contributed by atoms with E-state index in [1.165, 1.54) is 25.9 Å². The van der Waals surface area contributed by atoms with E-state index in [4.69, 9.17) is 10.2 Å². The fraction of sp³-hybridized carbons (Fsp3) is 0.533. The summed E-state index contributed by atoms with van der Waals surface area (Å²) in [5, 5.41) is 0. The number of nitrogens with zero attached hydrogens (tertiary/aromatic N) is 3. The Hall–Kier alpha value is -1.59. The molecule has 2 N–H and O–H groups in total. The van der Waals surface area contributed by atoms with E-state index >= 15 is 0 Å². The minimum absolute atomic E-state index is 0.721. The first-order valence-electron chi connectivity index (χ1n) is 7.39. The normalized spacial score (nSPS) is 21.6. The van der Waals surface area contributed by atoms with Crippen molar-refractivity contribution in [3.63, 3.8) is 0 Å². The molecule has 0 atom stereocenters. The van der Waals surface area contributed by atoms with E-state index in [9.17, 15) is 0 Å². The highest BCUT2D eigenvalue weighted by Gasteiger charge is 2.31. The first kappa shape index (κ1) is 12.2. The van der Waals surface area contributed by atoms with Gasteiger partial charge >= 0.3 is 0 Å². The maximum Gasteiger partial charge on any atom is 0.209 e. The molecule has 5 heteroatoms. The Morgan fingerprint density at radius 1 is 1.20 bits per heavy atom. The molecule has 1 saturated heterocycles. The number of oxazole rings is 1. The van der Waals surface area contributed by atoms with Crippen LogP contribution in [0, 0.1) is 0 Å². The van der Waals surface area contributed by atoms with Gasteiger partial charge in [-0.05, 0) is 25.0 Å². The molecule has 1 aromatic heterocycles. The monoisotopic (exact) mass is 272 g/mol. The summed E-state index contributed by atoms with van der Waals surface area (Å²) in [4.78, 5) is 9.57. The molecule has 1 aliphatic heterocycles. The molecule has 5 nitrogen and oxygen atoms in total. The lowest BCUT2D eigenvalue weighted by molar-refractivity contribution is 0.114. The van der Waals surface area contributed by atoms with Crippen molar-refractivity contribution < 1.29 is 4.42 Å². The van der Waals surface area contributed by atoms with Crippen molar-refractivity contribution in [1.29, 1.82) is 0 Å². The molecule has 2 heterocycles. The number of rotatable bonds is 3. The first-order chi connectivity index (χ1) is 9.78. The third kappa shape index (κ3) is 2.39. The van der Waals surface area contributed by atoms with Crippen LogP contribution in [-0.2, 0) is 6.54 Å². The average Bonchev–Trinajstić information content (AvgIpc) is 3.21. The lowest BCUT2D eigenvalue weighted by atomic mass is 10.3. The lowest BCUT2D eigenvalue weighted by Gasteiger charge is -2.34. The van der Waals surface area contributed by atoms with E-state index < -0.39 is 0 Å².